The van der Waals surface area contributed by atoms with Crippen molar-refractivity contribution < 1.29 is 4.74 Å². The van der Waals surface area contributed by atoms with Crippen molar-refractivity contribution in [3.63, 3.8) is 0 Å². The molecule has 0 saturated carbocycles. The summed E-state index contributed by atoms with van der Waals surface area (Å²) < 4.78 is 5.13. The summed E-state index contributed by atoms with van der Waals surface area (Å²) in [6.07, 6.45) is 4.51. The molecule has 1 rings (SSSR count). The highest BCUT2D eigenvalue weighted by atomic mass is 16.5. The smallest absolute Gasteiger partial charge is 0.168 e. The predicted molar refractivity (Wildman–Crippen MR) is 54.1 cm³/mol. The van der Waals surface area contributed by atoms with E-state index in [0.717, 1.165) is 24.5 Å². The van der Waals surface area contributed by atoms with Gasteiger partial charge in [0.15, 0.2) is 11.6 Å². The average Bonchev–Trinajstić information content (AvgIpc) is 2.19. The van der Waals surface area contributed by atoms with E-state index in [1.54, 1.807) is 13.3 Å². The fraction of sp³-hybridized carbons (Fsp3) is 0.300. The fourth-order valence-corrected chi connectivity index (χ4v) is 0.981. The van der Waals surface area contributed by atoms with E-state index in [1.165, 1.54) is 0 Å². The number of ether oxygens (including phenoxy) is 1. The molecule has 0 radical (unpaired) electrons. The van der Waals surface area contributed by atoms with E-state index >= 15 is 0 Å². The van der Waals surface area contributed by atoms with Gasteiger partial charge in [0, 0.05) is 12.7 Å². The predicted octanol–water partition coefficient (Wildman–Crippen LogP) is 2.08. The monoisotopic (exact) mass is 178 g/mol. The number of nitrogens with zero attached hydrogens (tertiary/aromatic N) is 1. The SMILES string of the molecule is C=CCCNc1ncccc1OC. The van der Waals surface area contributed by atoms with Gasteiger partial charge in [-0.15, -0.1) is 6.58 Å². The van der Waals surface area contributed by atoms with Gasteiger partial charge in [-0.1, -0.05) is 6.08 Å². The first kappa shape index (κ1) is 9.58. The summed E-state index contributed by atoms with van der Waals surface area (Å²) in [4.78, 5) is 4.15. The number of hydrogen-bond donors (Lipinski definition) is 1. The molecule has 0 aromatic carbocycles. The summed E-state index contributed by atoms with van der Waals surface area (Å²) in [6.45, 7) is 4.47. The lowest BCUT2D eigenvalue weighted by atomic mass is 10.4. The van der Waals surface area contributed by atoms with Crippen LogP contribution in [0.15, 0.2) is 31.0 Å². The number of methoxy groups -OCH3 is 1. The Morgan fingerprint density at radius 2 is 2.54 bits per heavy atom. The van der Waals surface area contributed by atoms with Crippen LogP contribution in [0.5, 0.6) is 5.75 Å². The van der Waals surface area contributed by atoms with Crippen molar-refractivity contribution in [2.24, 2.45) is 0 Å². The standard InChI is InChI=1S/C10H14N2O/c1-3-4-7-11-10-9(13-2)6-5-8-12-10/h3,5-6,8H,1,4,7H2,2H3,(H,11,12). The van der Waals surface area contributed by atoms with E-state index in [9.17, 15) is 0 Å². The molecule has 1 aromatic heterocycles. The van der Waals surface area contributed by atoms with E-state index in [4.69, 9.17) is 4.74 Å². The molecule has 0 amide bonds. The van der Waals surface area contributed by atoms with E-state index in [0.29, 0.717) is 0 Å². The molecule has 0 aliphatic rings. The third-order valence-electron chi connectivity index (χ3n) is 1.63. The third kappa shape index (κ3) is 2.78. The highest BCUT2D eigenvalue weighted by Crippen LogP contribution is 2.19. The molecule has 0 saturated heterocycles. The summed E-state index contributed by atoms with van der Waals surface area (Å²) in [5.74, 6) is 1.55. The largest absolute Gasteiger partial charge is 0.493 e. The van der Waals surface area contributed by atoms with Crippen LogP contribution in [-0.2, 0) is 0 Å². The molecule has 70 valence electrons. The molecular formula is C10H14N2O. The van der Waals surface area contributed by atoms with Crippen LogP contribution in [0.25, 0.3) is 0 Å². The lowest BCUT2D eigenvalue weighted by Gasteiger charge is -2.07. The van der Waals surface area contributed by atoms with Crippen molar-refractivity contribution in [1.29, 1.82) is 0 Å². The summed E-state index contributed by atoms with van der Waals surface area (Å²) in [5.41, 5.74) is 0. The Bertz CT molecular complexity index is 273. The Hall–Kier alpha value is -1.51. The van der Waals surface area contributed by atoms with Gasteiger partial charge in [0.1, 0.15) is 0 Å². The van der Waals surface area contributed by atoms with Gasteiger partial charge in [0.05, 0.1) is 7.11 Å². The van der Waals surface area contributed by atoms with Gasteiger partial charge in [-0.25, -0.2) is 4.98 Å². The van der Waals surface area contributed by atoms with E-state index in [2.05, 4.69) is 16.9 Å². The van der Waals surface area contributed by atoms with Crippen LogP contribution in [0, 0.1) is 0 Å². The zero-order valence-corrected chi connectivity index (χ0v) is 7.79. The Morgan fingerprint density at radius 1 is 1.69 bits per heavy atom. The maximum absolute atomic E-state index is 5.13. The maximum atomic E-state index is 5.13. The van der Waals surface area contributed by atoms with Crippen LogP contribution < -0.4 is 10.1 Å². The lowest BCUT2D eigenvalue weighted by Crippen LogP contribution is -2.03. The Labute approximate surface area is 78.4 Å². The third-order valence-corrected chi connectivity index (χ3v) is 1.63. The lowest BCUT2D eigenvalue weighted by molar-refractivity contribution is 0.415. The first-order valence-electron chi connectivity index (χ1n) is 4.22. The highest BCUT2D eigenvalue weighted by molar-refractivity contribution is 5.49. The second-order valence-electron chi connectivity index (χ2n) is 2.56. The summed E-state index contributed by atoms with van der Waals surface area (Å²) in [7, 11) is 1.63. The van der Waals surface area contributed by atoms with E-state index in [-0.39, 0.29) is 0 Å². The Balaban J connectivity index is 2.58. The second-order valence-corrected chi connectivity index (χ2v) is 2.56. The zero-order chi connectivity index (χ0) is 9.52. The molecule has 3 nitrogen and oxygen atoms in total. The van der Waals surface area contributed by atoms with Crippen molar-refractivity contribution in [2.45, 2.75) is 6.42 Å². The molecule has 1 aromatic rings. The molecule has 13 heavy (non-hydrogen) atoms. The number of anilines is 1. The van der Waals surface area contributed by atoms with E-state index in [1.807, 2.05) is 18.2 Å². The van der Waals surface area contributed by atoms with Crippen LogP contribution in [0.1, 0.15) is 6.42 Å². The Morgan fingerprint density at radius 3 is 3.23 bits per heavy atom. The summed E-state index contributed by atoms with van der Waals surface area (Å²) in [6, 6.07) is 3.72. The first-order chi connectivity index (χ1) is 6.38. The normalized spacial score (nSPS) is 9.31. The minimum Gasteiger partial charge on any atom is -0.493 e. The molecule has 3 heteroatoms. The summed E-state index contributed by atoms with van der Waals surface area (Å²) >= 11 is 0. The van der Waals surface area contributed by atoms with Gasteiger partial charge >= 0.3 is 0 Å². The summed E-state index contributed by atoms with van der Waals surface area (Å²) in [5, 5.41) is 3.16. The highest BCUT2D eigenvalue weighted by Gasteiger charge is 1.99. The van der Waals surface area contributed by atoms with E-state index < -0.39 is 0 Å². The van der Waals surface area contributed by atoms with Crippen LogP contribution in [0.2, 0.25) is 0 Å². The molecule has 0 aliphatic heterocycles. The number of pyridine rings is 1. The maximum Gasteiger partial charge on any atom is 0.168 e. The Kier molecular flexibility index (Phi) is 3.82. The minimum absolute atomic E-state index is 0.770. The fourth-order valence-electron chi connectivity index (χ4n) is 0.981. The molecule has 0 spiro atoms. The molecule has 0 fully saturated rings. The van der Waals surface area contributed by atoms with Crippen LogP contribution in [0.4, 0.5) is 5.82 Å². The second kappa shape index (κ2) is 5.19. The van der Waals surface area contributed by atoms with Crippen LogP contribution in [0.3, 0.4) is 0 Å². The van der Waals surface area contributed by atoms with Crippen molar-refractivity contribution in [1.82, 2.24) is 4.98 Å². The first-order valence-corrected chi connectivity index (χ1v) is 4.22. The molecule has 0 aliphatic carbocycles. The number of nitrogens with one attached hydrogen (secondary N) is 1. The van der Waals surface area contributed by atoms with Crippen molar-refractivity contribution in [3.05, 3.63) is 31.0 Å². The molecule has 1 N–H and O–H groups in total. The number of rotatable bonds is 5. The van der Waals surface area contributed by atoms with Crippen molar-refractivity contribution in [3.8, 4) is 5.75 Å². The van der Waals surface area contributed by atoms with Gasteiger partial charge < -0.3 is 10.1 Å². The number of hydrogen-bond acceptors (Lipinski definition) is 3. The molecule has 0 atom stereocenters. The topological polar surface area (TPSA) is 34.2 Å². The van der Waals surface area contributed by atoms with Gasteiger partial charge in [-0.05, 0) is 18.6 Å². The molecular weight excluding hydrogens is 164 g/mol. The van der Waals surface area contributed by atoms with Gasteiger partial charge in [0.25, 0.3) is 0 Å². The zero-order valence-electron chi connectivity index (χ0n) is 7.79. The van der Waals surface area contributed by atoms with Crippen LogP contribution in [-0.4, -0.2) is 18.6 Å². The van der Waals surface area contributed by atoms with Gasteiger partial charge in [-0.3, -0.25) is 0 Å². The van der Waals surface area contributed by atoms with Gasteiger partial charge in [-0.2, -0.15) is 0 Å². The molecule has 0 unspecified atom stereocenters. The van der Waals surface area contributed by atoms with Gasteiger partial charge in [0.2, 0.25) is 0 Å². The average molecular weight is 178 g/mol. The number of aromatic nitrogens is 1. The van der Waals surface area contributed by atoms with Crippen molar-refractivity contribution in [2.75, 3.05) is 19.0 Å². The minimum atomic E-state index is 0.770. The quantitative estimate of drug-likeness (QED) is 0.553. The van der Waals surface area contributed by atoms with Crippen molar-refractivity contribution >= 4 is 5.82 Å². The van der Waals surface area contributed by atoms with Crippen LogP contribution >= 0.6 is 0 Å². The molecule has 0 bridgehead atoms. The molecule has 1 heterocycles.